The maximum atomic E-state index is 6.10. The third-order valence-corrected chi connectivity index (χ3v) is 4.36. The SMILES string of the molecule is CNc1nc(CSc2ncccc2Cl)nc2c1cnn2C. The van der Waals surface area contributed by atoms with Crippen LogP contribution >= 0.6 is 23.4 Å². The van der Waals surface area contributed by atoms with E-state index in [1.807, 2.05) is 26.2 Å². The van der Waals surface area contributed by atoms with Crippen LogP contribution in [0.2, 0.25) is 5.02 Å². The number of nitrogens with zero attached hydrogens (tertiary/aromatic N) is 5. The van der Waals surface area contributed by atoms with Crippen LogP contribution in [0, 0.1) is 0 Å². The number of hydrogen-bond acceptors (Lipinski definition) is 6. The standard InChI is InChI=1S/C13H13ClN6S/c1-15-11-8-6-17-20(2)12(8)19-10(18-11)7-21-13-9(14)4-3-5-16-13/h3-6H,7H2,1-2H3,(H,15,18,19). The maximum Gasteiger partial charge on any atom is 0.163 e. The summed E-state index contributed by atoms with van der Waals surface area (Å²) in [4.78, 5) is 13.3. The van der Waals surface area contributed by atoms with Gasteiger partial charge in [0.2, 0.25) is 0 Å². The highest BCUT2D eigenvalue weighted by Gasteiger charge is 2.11. The molecule has 0 saturated heterocycles. The Hall–Kier alpha value is -1.86. The minimum atomic E-state index is 0.590. The van der Waals surface area contributed by atoms with E-state index >= 15 is 0 Å². The molecule has 0 aromatic carbocycles. The highest BCUT2D eigenvalue weighted by molar-refractivity contribution is 7.98. The smallest absolute Gasteiger partial charge is 0.163 e. The van der Waals surface area contributed by atoms with Crippen molar-refractivity contribution in [3.63, 3.8) is 0 Å². The molecule has 0 aliphatic carbocycles. The van der Waals surface area contributed by atoms with Gasteiger partial charge in [0.15, 0.2) is 5.65 Å². The van der Waals surface area contributed by atoms with Crippen molar-refractivity contribution in [1.82, 2.24) is 24.7 Å². The van der Waals surface area contributed by atoms with Crippen LogP contribution in [0.25, 0.3) is 11.0 Å². The molecule has 0 aliphatic heterocycles. The predicted molar refractivity (Wildman–Crippen MR) is 84.7 cm³/mol. The van der Waals surface area contributed by atoms with Crippen molar-refractivity contribution in [1.29, 1.82) is 0 Å². The molecule has 1 N–H and O–H groups in total. The van der Waals surface area contributed by atoms with E-state index < -0.39 is 0 Å². The first-order valence-electron chi connectivity index (χ1n) is 6.28. The summed E-state index contributed by atoms with van der Waals surface area (Å²) in [5.74, 6) is 2.07. The second kappa shape index (κ2) is 5.87. The Morgan fingerprint density at radius 3 is 3.00 bits per heavy atom. The summed E-state index contributed by atoms with van der Waals surface area (Å²) in [6.07, 6.45) is 3.48. The van der Waals surface area contributed by atoms with E-state index in [4.69, 9.17) is 11.6 Å². The minimum absolute atomic E-state index is 0.590. The lowest BCUT2D eigenvalue weighted by Crippen LogP contribution is -2.02. The number of halogens is 1. The van der Waals surface area contributed by atoms with Gasteiger partial charge in [-0.1, -0.05) is 23.4 Å². The number of hydrogen-bond donors (Lipinski definition) is 1. The van der Waals surface area contributed by atoms with Crippen molar-refractivity contribution < 1.29 is 0 Å². The summed E-state index contributed by atoms with van der Waals surface area (Å²) in [5, 5.41) is 9.61. The number of anilines is 1. The Labute approximate surface area is 131 Å². The van der Waals surface area contributed by atoms with E-state index in [0.29, 0.717) is 16.6 Å². The Morgan fingerprint density at radius 2 is 2.24 bits per heavy atom. The van der Waals surface area contributed by atoms with Crippen LogP contribution in [0.15, 0.2) is 29.6 Å². The fraction of sp³-hybridized carbons (Fsp3) is 0.231. The summed E-state index contributed by atoms with van der Waals surface area (Å²) in [5.41, 5.74) is 0.803. The number of thioether (sulfide) groups is 1. The number of rotatable bonds is 4. The Kier molecular flexibility index (Phi) is 3.94. The highest BCUT2D eigenvalue weighted by atomic mass is 35.5. The van der Waals surface area contributed by atoms with Crippen molar-refractivity contribution in [3.05, 3.63) is 35.4 Å². The second-order valence-electron chi connectivity index (χ2n) is 4.32. The molecule has 3 heterocycles. The second-order valence-corrected chi connectivity index (χ2v) is 5.69. The highest BCUT2D eigenvalue weighted by Crippen LogP contribution is 2.27. The Balaban J connectivity index is 1.90. The fourth-order valence-electron chi connectivity index (χ4n) is 1.93. The predicted octanol–water partition coefficient (Wildman–Crippen LogP) is 2.75. The topological polar surface area (TPSA) is 68.5 Å². The largest absolute Gasteiger partial charge is 0.372 e. The molecule has 6 nitrogen and oxygen atoms in total. The van der Waals surface area contributed by atoms with Crippen LogP contribution in [0.3, 0.4) is 0 Å². The van der Waals surface area contributed by atoms with E-state index in [0.717, 1.165) is 21.9 Å². The van der Waals surface area contributed by atoms with Gasteiger partial charge in [0, 0.05) is 20.3 Å². The molecule has 108 valence electrons. The molecule has 0 amide bonds. The van der Waals surface area contributed by atoms with E-state index in [-0.39, 0.29) is 0 Å². The molecule has 0 spiro atoms. The molecule has 3 aromatic rings. The zero-order valence-corrected chi connectivity index (χ0v) is 13.1. The summed E-state index contributed by atoms with van der Waals surface area (Å²) in [6.45, 7) is 0. The fourth-order valence-corrected chi connectivity index (χ4v) is 2.95. The van der Waals surface area contributed by atoms with E-state index in [1.54, 1.807) is 17.1 Å². The molecule has 3 aromatic heterocycles. The first-order chi connectivity index (χ1) is 10.2. The quantitative estimate of drug-likeness (QED) is 0.745. The zero-order chi connectivity index (χ0) is 14.8. The minimum Gasteiger partial charge on any atom is -0.372 e. The van der Waals surface area contributed by atoms with Gasteiger partial charge in [-0.05, 0) is 12.1 Å². The van der Waals surface area contributed by atoms with Crippen LogP contribution in [0.1, 0.15) is 5.82 Å². The lowest BCUT2D eigenvalue weighted by molar-refractivity contribution is 0.782. The van der Waals surface area contributed by atoms with Crippen molar-refractivity contribution >= 4 is 40.2 Å². The molecule has 0 radical (unpaired) electrons. The molecular weight excluding hydrogens is 308 g/mol. The molecule has 3 rings (SSSR count). The Morgan fingerprint density at radius 1 is 1.38 bits per heavy atom. The van der Waals surface area contributed by atoms with Gasteiger partial charge in [-0.15, -0.1) is 0 Å². The van der Waals surface area contributed by atoms with Gasteiger partial charge in [-0.25, -0.2) is 15.0 Å². The lowest BCUT2D eigenvalue weighted by atomic mass is 10.4. The molecule has 0 bridgehead atoms. The van der Waals surface area contributed by atoms with Crippen LogP contribution in [0.4, 0.5) is 5.82 Å². The summed E-state index contributed by atoms with van der Waals surface area (Å²) in [7, 11) is 3.70. The van der Waals surface area contributed by atoms with Gasteiger partial charge in [-0.3, -0.25) is 4.68 Å². The van der Waals surface area contributed by atoms with E-state index in [2.05, 4.69) is 25.4 Å². The van der Waals surface area contributed by atoms with Crippen molar-refractivity contribution in [2.45, 2.75) is 10.8 Å². The van der Waals surface area contributed by atoms with Crippen molar-refractivity contribution in [3.8, 4) is 0 Å². The monoisotopic (exact) mass is 320 g/mol. The van der Waals surface area contributed by atoms with E-state index in [9.17, 15) is 0 Å². The average molecular weight is 321 g/mol. The average Bonchev–Trinajstić information content (AvgIpc) is 2.87. The molecule has 0 saturated carbocycles. The molecule has 0 fully saturated rings. The molecule has 8 heteroatoms. The first-order valence-corrected chi connectivity index (χ1v) is 7.65. The molecule has 0 unspecified atom stereocenters. The normalized spacial score (nSPS) is 11.0. The Bertz CT molecular complexity index is 787. The molecular formula is C13H13ClN6S. The maximum absolute atomic E-state index is 6.10. The van der Waals surface area contributed by atoms with Crippen LogP contribution in [-0.2, 0) is 12.8 Å². The molecule has 0 atom stereocenters. The number of aromatic nitrogens is 5. The van der Waals surface area contributed by atoms with Gasteiger partial charge in [-0.2, -0.15) is 5.10 Å². The number of pyridine rings is 1. The third-order valence-electron chi connectivity index (χ3n) is 2.94. The summed E-state index contributed by atoms with van der Waals surface area (Å²) >= 11 is 7.61. The number of fused-ring (bicyclic) bond motifs is 1. The lowest BCUT2D eigenvalue weighted by Gasteiger charge is -2.06. The molecule has 21 heavy (non-hydrogen) atoms. The van der Waals surface area contributed by atoms with Crippen molar-refractivity contribution in [2.24, 2.45) is 7.05 Å². The number of aryl methyl sites for hydroxylation is 1. The third kappa shape index (κ3) is 2.79. The van der Waals surface area contributed by atoms with E-state index in [1.165, 1.54) is 11.8 Å². The number of nitrogens with one attached hydrogen (secondary N) is 1. The van der Waals surface area contributed by atoms with Gasteiger partial charge < -0.3 is 5.32 Å². The first kappa shape index (κ1) is 14.1. The molecule has 0 aliphatic rings. The zero-order valence-electron chi connectivity index (χ0n) is 11.5. The van der Waals surface area contributed by atoms with Crippen LogP contribution < -0.4 is 5.32 Å². The van der Waals surface area contributed by atoms with Crippen LogP contribution in [0.5, 0.6) is 0 Å². The van der Waals surface area contributed by atoms with Gasteiger partial charge in [0.05, 0.1) is 22.4 Å². The van der Waals surface area contributed by atoms with Crippen molar-refractivity contribution in [2.75, 3.05) is 12.4 Å². The van der Waals surface area contributed by atoms with Gasteiger partial charge in [0.1, 0.15) is 16.7 Å². The summed E-state index contributed by atoms with van der Waals surface area (Å²) in [6, 6.07) is 3.63. The summed E-state index contributed by atoms with van der Waals surface area (Å²) < 4.78 is 1.74. The van der Waals surface area contributed by atoms with Gasteiger partial charge >= 0.3 is 0 Å². The van der Waals surface area contributed by atoms with Gasteiger partial charge in [0.25, 0.3) is 0 Å². The van der Waals surface area contributed by atoms with Crippen LogP contribution in [-0.4, -0.2) is 31.8 Å².